The van der Waals surface area contributed by atoms with E-state index in [4.69, 9.17) is 5.11 Å². The Morgan fingerprint density at radius 1 is 1.14 bits per heavy atom. The van der Waals surface area contributed by atoms with Crippen molar-refractivity contribution in [3.05, 3.63) is 0 Å². The number of hydrogen-bond acceptors (Lipinski definition) is 11. The first-order valence-corrected chi connectivity index (χ1v) is 7.68. The molecule has 0 bridgehead atoms. The zero-order chi connectivity index (χ0) is 15.7. The number of hydrogen-bond donors (Lipinski definition) is 4. The molecule has 0 aromatic heterocycles. The largest absolute Gasteiger partial charge is 1.00 e. The summed E-state index contributed by atoms with van der Waals surface area (Å²) >= 11 is 0. The minimum atomic E-state index is -5.40. The first-order valence-electron chi connectivity index (χ1n) is 4.94. The minimum Gasteiger partial charge on any atom is -0.735 e. The summed E-state index contributed by atoms with van der Waals surface area (Å²) < 4.78 is 73.0. The topological polar surface area (TPSA) is 206 Å². The Hall–Kier alpha value is 1.58. The summed E-state index contributed by atoms with van der Waals surface area (Å²) in [5, 5.41) is 27.9. The molecule has 0 saturated carbocycles. The van der Waals surface area contributed by atoms with Gasteiger partial charge in [-0.3, -0.25) is 4.18 Å². The molecule has 22 heavy (non-hydrogen) atoms. The third-order valence-electron chi connectivity index (χ3n) is 2.38. The smallest absolute Gasteiger partial charge is 0.735 e. The maximum absolute atomic E-state index is 10.6. The van der Waals surface area contributed by atoms with Crippen LogP contribution in [0.2, 0.25) is 0 Å². The van der Waals surface area contributed by atoms with Gasteiger partial charge < -0.3 is 29.2 Å². The van der Waals surface area contributed by atoms with E-state index in [9.17, 15) is 36.2 Å². The van der Waals surface area contributed by atoms with Crippen molar-refractivity contribution >= 4 is 20.7 Å². The van der Waals surface area contributed by atoms with Gasteiger partial charge in [-0.1, -0.05) is 0 Å². The van der Waals surface area contributed by atoms with E-state index in [1.807, 2.05) is 0 Å². The normalized spacial score (nSPS) is 32.7. The summed E-state index contributed by atoms with van der Waals surface area (Å²) in [5.41, 5.74) is 0. The van der Waals surface area contributed by atoms with Crippen LogP contribution < -0.4 is 63.8 Å². The van der Waals surface area contributed by atoms with Gasteiger partial charge in [0.1, 0.15) is 24.4 Å². The zero-order valence-electron chi connectivity index (χ0n) is 11.5. The standard InChI is InChI=1S/C6H13NO11S2.2Na/c8-1-2-4(9)5(18-20(14,15)16)3(6(10)17-2)7-19(11,12)13;;/h2-10H,1H2,(H,11,12,13)(H,14,15,16);;/q;2*+1/p-2/t2-,3-,4-,5-,6-;;/m1../s1. The number of nitrogens with one attached hydrogen (secondary N) is 1. The van der Waals surface area contributed by atoms with Gasteiger partial charge in [-0.25, -0.2) is 21.6 Å². The SMILES string of the molecule is O=S(=O)([O-])N[C@@H]1[C@@H](OS(=O)(=O)[O-])[C@H](O)[C@@H](CO)O[C@H]1O.[Na+].[Na+]. The van der Waals surface area contributed by atoms with Crippen molar-refractivity contribution in [3.8, 4) is 0 Å². The van der Waals surface area contributed by atoms with Gasteiger partial charge >= 0.3 is 59.1 Å². The van der Waals surface area contributed by atoms with E-state index < -0.39 is 58.0 Å². The van der Waals surface area contributed by atoms with Crippen LogP contribution in [0.4, 0.5) is 0 Å². The van der Waals surface area contributed by atoms with Crippen LogP contribution in [0.5, 0.6) is 0 Å². The first-order chi connectivity index (χ1) is 8.94. The number of aliphatic hydroxyl groups excluding tert-OH is 3. The summed E-state index contributed by atoms with van der Waals surface area (Å²) in [6, 6.07) is -2.06. The van der Waals surface area contributed by atoms with E-state index in [1.165, 1.54) is 4.72 Å². The third-order valence-corrected chi connectivity index (χ3v) is 3.40. The molecule has 1 aliphatic heterocycles. The second kappa shape index (κ2) is 9.91. The maximum Gasteiger partial charge on any atom is 1.00 e. The molecule has 16 heteroatoms. The molecule has 0 spiro atoms. The van der Waals surface area contributed by atoms with Gasteiger partial charge in [-0.05, 0) is 0 Å². The molecular formula is C6H11NNa2O11S2. The molecule has 4 N–H and O–H groups in total. The summed E-state index contributed by atoms with van der Waals surface area (Å²) in [6.45, 7) is -0.895. The van der Waals surface area contributed by atoms with E-state index in [2.05, 4.69) is 8.92 Å². The number of rotatable bonds is 5. The molecule has 0 unspecified atom stereocenters. The Kier molecular flexibility index (Phi) is 11.6. The van der Waals surface area contributed by atoms with Crippen LogP contribution in [0, 0.1) is 0 Å². The molecular weight excluding hydrogens is 372 g/mol. The molecule has 1 rings (SSSR count). The molecule has 0 aromatic carbocycles. The predicted molar refractivity (Wildman–Crippen MR) is 55.2 cm³/mol. The Balaban J connectivity index is 0. The Labute approximate surface area is 170 Å². The van der Waals surface area contributed by atoms with Crippen LogP contribution >= 0.6 is 0 Å². The summed E-state index contributed by atoms with van der Waals surface area (Å²) in [7, 11) is -10.6. The van der Waals surface area contributed by atoms with Gasteiger partial charge in [0.15, 0.2) is 16.6 Å². The van der Waals surface area contributed by atoms with Gasteiger partial charge in [-0.15, -0.1) is 0 Å². The van der Waals surface area contributed by atoms with Gasteiger partial charge in [0, 0.05) is 0 Å². The average Bonchev–Trinajstić information content (AvgIpc) is 2.25. The monoisotopic (exact) mass is 383 g/mol. The summed E-state index contributed by atoms with van der Waals surface area (Å²) in [5.74, 6) is 0. The van der Waals surface area contributed by atoms with E-state index >= 15 is 0 Å². The first kappa shape index (κ1) is 25.8. The van der Waals surface area contributed by atoms with Gasteiger partial charge in [0.05, 0.1) is 6.61 Å². The van der Waals surface area contributed by atoms with Crippen molar-refractivity contribution in [3.63, 3.8) is 0 Å². The van der Waals surface area contributed by atoms with E-state index in [-0.39, 0.29) is 59.1 Å². The van der Waals surface area contributed by atoms with Gasteiger partial charge in [0.25, 0.3) is 0 Å². The molecule has 0 amide bonds. The Morgan fingerprint density at radius 2 is 1.64 bits per heavy atom. The molecule has 1 saturated heterocycles. The van der Waals surface area contributed by atoms with Crippen LogP contribution in [0.15, 0.2) is 0 Å². The van der Waals surface area contributed by atoms with Crippen molar-refractivity contribution in [2.75, 3.05) is 6.61 Å². The van der Waals surface area contributed by atoms with Crippen molar-refractivity contribution in [2.45, 2.75) is 30.6 Å². The average molecular weight is 383 g/mol. The minimum absolute atomic E-state index is 0. The van der Waals surface area contributed by atoms with Crippen LogP contribution in [0.25, 0.3) is 0 Å². The van der Waals surface area contributed by atoms with E-state index in [0.717, 1.165) is 0 Å². The van der Waals surface area contributed by atoms with E-state index in [1.54, 1.807) is 0 Å². The van der Waals surface area contributed by atoms with Crippen LogP contribution in [-0.2, 0) is 29.6 Å². The molecule has 1 fully saturated rings. The quantitative estimate of drug-likeness (QED) is 0.199. The van der Waals surface area contributed by atoms with Crippen molar-refractivity contribution < 1.29 is 109 Å². The zero-order valence-corrected chi connectivity index (χ0v) is 17.2. The second-order valence-corrected chi connectivity index (χ2v) is 5.96. The van der Waals surface area contributed by atoms with Crippen molar-refractivity contribution in [1.82, 2.24) is 4.72 Å². The fourth-order valence-corrected chi connectivity index (χ4v) is 2.72. The van der Waals surface area contributed by atoms with Crippen LogP contribution in [0.3, 0.4) is 0 Å². The van der Waals surface area contributed by atoms with Crippen LogP contribution in [-0.4, -0.2) is 78.5 Å². The fourth-order valence-electron chi connectivity index (χ4n) is 1.63. The Bertz CT molecular complexity index is 539. The molecule has 5 atom stereocenters. The fraction of sp³-hybridized carbons (Fsp3) is 1.00. The van der Waals surface area contributed by atoms with Crippen LogP contribution in [0.1, 0.15) is 0 Å². The van der Waals surface area contributed by atoms with Crippen molar-refractivity contribution in [1.29, 1.82) is 0 Å². The maximum atomic E-state index is 10.6. The number of ether oxygens (including phenoxy) is 1. The Morgan fingerprint density at radius 3 is 2.00 bits per heavy atom. The molecule has 0 aliphatic carbocycles. The molecule has 0 radical (unpaired) electrons. The molecule has 1 aliphatic rings. The van der Waals surface area contributed by atoms with Crippen molar-refractivity contribution in [2.24, 2.45) is 0 Å². The molecule has 120 valence electrons. The van der Waals surface area contributed by atoms with Gasteiger partial charge in [0.2, 0.25) is 10.4 Å². The van der Waals surface area contributed by atoms with E-state index in [0.29, 0.717) is 0 Å². The molecule has 0 aromatic rings. The molecule has 1 heterocycles. The molecule has 12 nitrogen and oxygen atoms in total. The predicted octanol–water partition coefficient (Wildman–Crippen LogP) is -10.7. The van der Waals surface area contributed by atoms with Gasteiger partial charge in [-0.2, -0.15) is 0 Å². The second-order valence-electron chi connectivity index (χ2n) is 3.81. The summed E-state index contributed by atoms with van der Waals surface area (Å²) in [6.07, 6.45) is -7.83. The number of aliphatic hydroxyl groups is 3. The summed E-state index contributed by atoms with van der Waals surface area (Å²) in [4.78, 5) is 0. The third kappa shape index (κ3) is 8.11.